The van der Waals surface area contributed by atoms with Crippen molar-refractivity contribution in [2.75, 3.05) is 5.32 Å². The number of rotatable bonds is 6. The molecule has 7 nitrogen and oxygen atoms in total. The fraction of sp³-hybridized carbons (Fsp3) is 0.263. The Hall–Kier alpha value is -2.93. The van der Waals surface area contributed by atoms with Gasteiger partial charge in [0, 0.05) is 22.8 Å². The van der Waals surface area contributed by atoms with Crippen LogP contribution in [0.3, 0.4) is 0 Å². The number of halogens is 1. The minimum Gasteiger partial charge on any atom is -0.341 e. The van der Waals surface area contributed by atoms with Crippen LogP contribution in [-0.2, 0) is 11.3 Å². The number of anilines is 1. The molecule has 0 unspecified atom stereocenters. The van der Waals surface area contributed by atoms with Gasteiger partial charge < -0.3 is 10.6 Å². The van der Waals surface area contributed by atoms with E-state index in [-0.39, 0.29) is 11.8 Å². The fourth-order valence-electron chi connectivity index (χ4n) is 2.62. The van der Waals surface area contributed by atoms with Crippen molar-refractivity contribution in [1.82, 2.24) is 20.3 Å². The number of hydrogen-bond donors (Lipinski definition) is 2. The van der Waals surface area contributed by atoms with Gasteiger partial charge in [-0.05, 0) is 55.8 Å². The summed E-state index contributed by atoms with van der Waals surface area (Å²) in [5, 5.41) is 14.2. The van der Waals surface area contributed by atoms with Crippen LogP contribution < -0.4 is 10.6 Å². The molecule has 0 saturated carbocycles. The second kappa shape index (κ2) is 8.18. The van der Waals surface area contributed by atoms with Gasteiger partial charge in [0.1, 0.15) is 11.6 Å². The van der Waals surface area contributed by atoms with E-state index in [0.717, 1.165) is 18.5 Å². The molecular formula is C19H20ClN5O2. The Morgan fingerprint density at radius 2 is 1.93 bits per heavy atom. The van der Waals surface area contributed by atoms with Crippen LogP contribution in [-0.4, -0.2) is 32.9 Å². The molecule has 0 aliphatic carbocycles. The number of benzene rings is 2. The summed E-state index contributed by atoms with van der Waals surface area (Å²) < 4.78 is 1.80. The maximum Gasteiger partial charge on any atom is 0.251 e. The van der Waals surface area contributed by atoms with Gasteiger partial charge in [0.2, 0.25) is 5.91 Å². The van der Waals surface area contributed by atoms with Gasteiger partial charge in [0.05, 0.1) is 5.52 Å². The van der Waals surface area contributed by atoms with Gasteiger partial charge in [-0.15, -0.1) is 5.10 Å². The van der Waals surface area contributed by atoms with Gasteiger partial charge >= 0.3 is 0 Å². The Balaban J connectivity index is 1.66. The van der Waals surface area contributed by atoms with Crippen molar-refractivity contribution >= 4 is 40.1 Å². The average Bonchev–Trinajstić information content (AvgIpc) is 3.06. The summed E-state index contributed by atoms with van der Waals surface area (Å²) in [5.74, 6) is -0.665. The first-order valence-electron chi connectivity index (χ1n) is 8.68. The van der Waals surface area contributed by atoms with Crippen molar-refractivity contribution < 1.29 is 9.59 Å². The van der Waals surface area contributed by atoms with Crippen LogP contribution in [0, 0.1) is 0 Å². The smallest absolute Gasteiger partial charge is 0.251 e. The Kier molecular flexibility index (Phi) is 5.71. The molecule has 2 aromatic carbocycles. The third kappa shape index (κ3) is 4.43. The standard InChI is InChI=1S/C19H20ClN5O2/c1-3-10-25-17-9-4-13(11-16(17)23-24-25)19(27)21-12(2)18(26)22-15-7-5-14(20)6-8-15/h4-9,11-12H,3,10H2,1-2H3,(H,21,27)(H,22,26)/t12-/m0/s1. The van der Waals surface area contributed by atoms with Crippen molar-refractivity contribution in [1.29, 1.82) is 0 Å². The first-order chi connectivity index (χ1) is 13.0. The second-order valence-corrected chi connectivity index (χ2v) is 6.64. The molecule has 0 aliphatic rings. The van der Waals surface area contributed by atoms with Crippen LogP contribution >= 0.6 is 11.6 Å². The molecule has 3 rings (SSSR count). The normalized spacial score (nSPS) is 12.0. The highest BCUT2D eigenvalue weighted by Crippen LogP contribution is 2.15. The number of nitrogens with one attached hydrogen (secondary N) is 2. The van der Waals surface area contributed by atoms with E-state index in [0.29, 0.717) is 21.8 Å². The Morgan fingerprint density at radius 1 is 1.19 bits per heavy atom. The number of aromatic nitrogens is 3. The zero-order valence-electron chi connectivity index (χ0n) is 15.1. The SMILES string of the molecule is CCCn1nnc2cc(C(=O)N[C@@H](C)C(=O)Nc3ccc(Cl)cc3)ccc21. The topological polar surface area (TPSA) is 88.9 Å². The lowest BCUT2D eigenvalue weighted by Gasteiger charge is -2.14. The van der Waals surface area contributed by atoms with Gasteiger partial charge in [-0.2, -0.15) is 0 Å². The van der Waals surface area contributed by atoms with E-state index in [9.17, 15) is 9.59 Å². The van der Waals surface area contributed by atoms with Gasteiger partial charge in [-0.3, -0.25) is 9.59 Å². The van der Waals surface area contributed by atoms with Crippen LogP contribution in [0.2, 0.25) is 5.02 Å². The van der Waals surface area contributed by atoms with Crippen molar-refractivity contribution in [3.05, 3.63) is 53.1 Å². The number of amides is 2. The third-order valence-electron chi connectivity index (χ3n) is 4.06. The molecule has 1 heterocycles. The van der Waals surface area contributed by atoms with E-state index >= 15 is 0 Å². The summed E-state index contributed by atoms with van der Waals surface area (Å²) in [4.78, 5) is 24.7. The average molecular weight is 386 g/mol. The second-order valence-electron chi connectivity index (χ2n) is 6.21. The Morgan fingerprint density at radius 3 is 2.63 bits per heavy atom. The highest BCUT2D eigenvalue weighted by atomic mass is 35.5. The maximum absolute atomic E-state index is 12.5. The van der Waals surface area contributed by atoms with E-state index in [1.807, 2.05) is 6.07 Å². The Labute approximate surface area is 161 Å². The lowest BCUT2D eigenvalue weighted by molar-refractivity contribution is -0.117. The van der Waals surface area contributed by atoms with Crippen LogP contribution in [0.4, 0.5) is 5.69 Å². The summed E-state index contributed by atoms with van der Waals surface area (Å²) in [6.07, 6.45) is 0.945. The van der Waals surface area contributed by atoms with Gasteiger partial charge in [0.25, 0.3) is 5.91 Å². The molecule has 2 N–H and O–H groups in total. The van der Waals surface area contributed by atoms with Gasteiger partial charge in [-0.1, -0.05) is 23.7 Å². The number of hydrogen-bond acceptors (Lipinski definition) is 4. The van der Waals surface area contributed by atoms with Gasteiger partial charge in [0.15, 0.2) is 0 Å². The van der Waals surface area contributed by atoms with E-state index in [1.54, 1.807) is 48.0 Å². The maximum atomic E-state index is 12.5. The first-order valence-corrected chi connectivity index (χ1v) is 9.06. The lowest BCUT2D eigenvalue weighted by Crippen LogP contribution is -2.41. The molecule has 3 aromatic rings. The number of carbonyl (C=O) groups is 2. The Bertz CT molecular complexity index is 968. The molecule has 0 aliphatic heterocycles. The highest BCUT2D eigenvalue weighted by Gasteiger charge is 2.17. The molecule has 0 spiro atoms. The zero-order valence-corrected chi connectivity index (χ0v) is 15.8. The van der Waals surface area contributed by atoms with E-state index in [2.05, 4.69) is 27.9 Å². The number of aryl methyl sites for hydroxylation is 1. The minimum atomic E-state index is -0.709. The summed E-state index contributed by atoms with van der Waals surface area (Å²) in [7, 11) is 0. The molecule has 0 fully saturated rings. The molecular weight excluding hydrogens is 366 g/mol. The molecule has 1 atom stereocenters. The molecule has 140 valence electrons. The van der Waals surface area contributed by atoms with Crippen molar-refractivity contribution in [2.45, 2.75) is 32.9 Å². The minimum absolute atomic E-state index is 0.319. The van der Waals surface area contributed by atoms with Crippen LogP contribution in [0.5, 0.6) is 0 Å². The van der Waals surface area contributed by atoms with Crippen LogP contribution in [0.25, 0.3) is 11.0 Å². The highest BCUT2D eigenvalue weighted by molar-refractivity contribution is 6.30. The molecule has 27 heavy (non-hydrogen) atoms. The van der Waals surface area contributed by atoms with Crippen molar-refractivity contribution in [3.63, 3.8) is 0 Å². The predicted molar refractivity (Wildman–Crippen MR) is 105 cm³/mol. The largest absolute Gasteiger partial charge is 0.341 e. The van der Waals surface area contributed by atoms with Crippen LogP contribution in [0.1, 0.15) is 30.6 Å². The molecule has 2 amide bonds. The number of carbonyl (C=O) groups excluding carboxylic acids is 2. The predicted octanol–water partition coefficient (Wildman–Crippen LogP) is 3.25. The monoisotopic (exact) mass is 385 g/mol. The summed E-state index contributed by atoms with van der Waals surface area (Å²) in [6.45, 7) is 4.45. The van der Waals surface area contributed by atoms with Gasteiger partial charge in [-0.25, -0.2) is 4.68 Å². The van der Waals surface area contributed by atoms with Crippen molar-refractivity contribution in [3.8, 4) is 0 Å². The quantitative estimate of drug-likeness (QED) is 0.681. The summed E-state index contributed by atoms with van der Waals surface area (Å²) >= 11 is 5.83. The van der Waals surface area contributed by atoms with E-state index < -0.39 is 6.04 Å². The number of nitrogens with zero attached hydrogens (tertiary/aromatic N) is 3. The number of fused-ring (bicyclic) bond motifs is 1. The third-order valence-corrected chi connectivity index (χ3v) is 4.32. The van der Waals surface area contributed by atoms with Crippen molar-refractivity contribution in [2.24, 2.45) is 0 Å². The first kappa shape index (κ1) is 18.8. The molecule has 1 aromatic heterocycles. The summed E-state index contributed by atoms with van der Waals surface area (Å²) in [6, 6.07) is 11.2. The zero-order chi connectivity index (χ0) is 19.4. The fourth-order valence-corrected chi connectivity index (χ4v) is 2.75. The van der Waals surface area contributed by atoms with E-state index in [4.69, 9.17) is 11.6 Å². The molecule has 0 saturated heterocycles. The van der Waals surface area contributed by atoms with E-state index in [1.165, 1.54) is 0 Å². The molecule has 0 radical (unpaired) electrons. The summed E-state index contributed by atoms with van der Waals surface area (Å²) in [5.41, 5.74) is 2.56. The molecule has 8 heteroatoms. The van der Waals surface area contributed by atoms with Crippen LogP contribution in [0.15, 0.2) is 42.5 Å². The lowest BCUT2D eigenvalue weighted by atomic mass is 10.1. The molecule has 0 bridgehead atoms.